The van der Waals surface area contributed by atoms with Crippen molar-refractivity contribution in [2.24, 2.45) is 0 Å². The molecule has 0 radical (unpaired) electrons. The van der Waals surface area contributed by atoms with Gasteiger partial charge < -0.3 is 15.0 Å². The first kappa shape index (κ1) is 14.4. The van der Waals surface area contributed by atoms with E-state index in [0.29, 0.717) is 18.7 Å². The van der Waals surface area contributed by atoms with E-state index in [1.165, 1.54) is 0 Å². The lowest BCUT2D eigenvalue weighted by Crippen LogP contribution is -2.29. The average Bonchev–Trinajstić information content (AvgIpc) is 2.89. The molecule has 2 amide bonds. The van der Waals surface area contributed by atoms with E-state index in [1.807, 2.05) is 19.1 Å². The Morgan fingerprint density at radius 1 is 1.35 bits per heavy atom. The van der Waals surface area contributed by atoms with E-state index in [9.17, 15) is 9.59 Å². The number of benzene rings is 1. The fourth-order valence-corrected chi connectivity index (χ4v) is 2.11. The average molecular weight is 276 g/mol. The number of nitrogens with one attached hydrogen (secondary N) is 1. The summed E-state index contributed by atoms with van der Waals surface area (Å²) in [5.74, 6) is 0.676. The normalized spacial score (nSPS) is 14.4. The standard InChI is InChI=1S/C15H20N2O3/c1-2-9-16-14(18)11-20-13-7-5-12(6-8-13)17-10-3-4-15(17)19/h5-8H,2-4,9-11H2,1H3,(H,16,18). The Morgan fingerprint density at radius 3 is 2.70 bits per heavy atom. The molecule has 1 aromatic carbocycles. The molecule has 0 unspecified atom stereocenters. The maximum absolute atomic E-state index is 11.6. The van der Waals surface area contributed by atoms with Gasteiger partial charge in [0.15, 0.2) is 6.61 Å². The number of carbonyl (C=O) groups is 2. The second kappa shape index (κ2) is 6.93. The van der Waals surface area contributed by atoms with Gasteiger partial charge in [0.25, 0.3) is 5.91 Å². The van der Waals surface area contributed by atoms with Crippen molar-refractivity contribution in [2.45, 2.75) is 26.2 Å². The van der Waals surface area contributed by atoms with Crippen molar-refractivity contribution in [3.63, 3.8) is 0 Å². The van der Waals surface area contributed by atoms with Crippen molar-refractivity contribution >= 4 is 17.5 Å². The molecule has 5 heteroatoms. The van der Waals surface area contributed by atoms with Crippen LogP contribution in [0.1, 0.15) is 26.2 Å². The van der Waals surface area contributed by atoms with E-state index in [-0.39, 0.29) is 18.4 Å². The summed E-state index contributed by atoms with van der Waals surface area (Å²) < 4.78 is 5.39. The first-order valence-electron chi connectivity index (χ1n) is 7.00. The SMILES string of the molecule is CCCNC(=O)COc1ccc(N2CCCC2=O)cc1. The van der Waals surface area contributed by atoms with Crippen LogP contribution < -0.4 is 15.0 Å². The highest BCUT2D eigenvalue weighted by atomic mass is 16.5. The van der Waals surface area contributed by atoms with Crippen LogP contribution in [-0.2, 0) is 9.59 Å². The number of anilines is 1. The summed E-state index contributed by atoms with van der Waals surface area (Å²) in [6, 6.07) is 7.27. The topological polar surface area (TPSA) is 58.6 Å². The summed E-state index contributed by atoms with van der Waals surface area (Å²) in [5.41, 5.74) is 0.885. The fraction of sp³-hybridized carbons (Fsp3) is 0.467. The van der Waals surface area contributed by atoms with Crippen LogP contribution in [0.25, 0.3) is 0 Å². The number of rotatable bonds is 6. The molecule has 1 aromatic rings. The first-order valence-corrected chi connectivity index (χ1v) is 7.00. The van der Waals surface area contributed by atoms with Crippen molar-refractivity contribution < 1.29 is 14.3 Å². The van der Waals surface area contributed by atoms with Crippen LogP contribution in [0.5, 0.6) is 5.75 Å². The molecular weight excluding hydrogens is 256 g/mol. The molecule has 108 valence electrons. The number of nitrogens with zero attached hydrogens (tertiary/aromatic N) is 1. The predicted molar refractivity (Wildman–Crippen MR) is 76.8 cm³/mol. The Kier molecular flexibility index (Phi) is 4.98. The summed E-state index contributed by atoms with van der Waals surface area (Å²) in [4.78, 5) is 24.8. The van der Waals surface area contributed by atoms with Gasteiger partial charge in [-0.15, -0.1) is 0 Å². The molecule has 1 aliphatic rings. The van der Waals surface area contributed by atoms with E-state index in [1.54, 1.807) is 17.0 Å². The Morgan fingerprint density at radius 2 is 2.10 bits per heavy atom. The minimum Gasteiger partial charge on any atom is -0.484 e. The quantitative estimate of drug-likeness (QED) is 0.860. The van der Waals surface area contributed by atoms with Crippen LogP contribution in [0, 0.1) is 0 Å². The molecule has 1 aliphatic heterocycles. The lowest BCUT2D eigenvalue weighted by molar-refractivity contribution is -0.123. The van der Waals surface area contributed by atoms with Gasteiger partial charge in [-0.2, -0.15) is 0 Å². The summed E-state index contributed by atoms with van der Waals surface area (Å²) in [5, 5.41) is 2.75. The molecule has 0 aliphatic carbocycles. The van der Waals surface area contributed by atoms with Crippen LogP contribution in [0.2, 0.25) is 0 Å². The van der Waals surface area contributed by atoms with Crippen LogP contribution in [-0.4, -0.2) is 31.5 Å². The summed E-state index contributed by atoms with van der Waals surface area (Å²) >= 11 is 0. The van der Waals surface area contributed by atoms with Gasteiger partial charge in [0.05, 0.1) is 0 Å². The van der Waals surface area contributed by atoms with Gasteiger partial charge in [-0.1, -0.05) is 6.92 Å². The zero-order valence-corrected chi connectivity index (χ0v) is 11.7. The molecule has 1 fully saturated rings. The van der Waals surface area contributed by atoms with Crippen molar-refractivity contribution in [1.82, 2.24) is 5.32 Å². The highest BCUT2D eigenvalue weighted by molar-refractivity contribution is 5.95. The van der Waals surface area contributed by atoms with Gasteiger partial charge in [-0.3, -0.25) is 9.59 Å². The summed E-state index contributed by atoms with van der Waals surface area (Å²) in [7, 11) is 0. The minimum atomic E-state index is -0.120. The van der Waals surface area contributed by atoms with Crippen molar-refractivity contribution in [2.75, 3.05) is 24.6 Å². The van der Waals surface area contributed by atoms with Crippen molar-refractivity contribution in [3.8, 4) is 5.75 Å². The second-order valence-electron chi connectivity index (χ2n) is 4.78. The molecule has 0 spiro atoms. The Labute approximate surface area is 118 Å². The van der Waals surface area contributed by atoms with E-state index < -0.39 is 0 Å². The van der Waals surface area contributed by atoms with Gasteiger partial charge in [-0.05, 0) is 37.1 Å². The monoisotopic (exact) mass is 276 g/mol. The third-order valence-corrected chi connectivity index (χ3v) is 3.16. The molecule has 0 aromatic heterocycles. The van der Waals surface area contributed by atoms with E-state index >= 15 is 0 Å². The minimum absolute atomic E-state index is 0.0159. The third kappa shape index (κ3) is 3.73. The molecule has 1 N–H and O–H groups in total. The third-order valence-electron chi connectivity index (χ3n) is 3.16. The molecule has 1 heterocycles. The molecule has 2 rings (SSSR count). The summed E-state index contributed by atoms with van der Waals surface area (Å²) in [6.45, 7) is 3.46. The van der Waals surface area contributed by atoms with Gasteiger partial charge >= 0.3 is 0 Å². The number of amides is 2. The summed E-state index contributed by atoms with van der Waals surface area (Å²) in [6.07, 6.45) is 2.44. The maximum atomic E-state index is 11.6. The second-order valence-corrected chi connectivity index (χ2v) is 4.78. The molecule has 0 saturated carbocycles. The van der Waals surface area contributed by atoms with Crippen molar-refractivity contribution in [3.05, 3.63) is 24.3 Å². The molecule has 0 atom stereocenters. The molecule has 0 bridgehead atoms. The number of carbonyl (C=O) groups excluding carboxylic acids is 2. The zero-order valence-electron chi connectivity index (χ0n) is 11.7. The largest absolute Gasteiger partial charge is 0.484 e. The molecular formula is C15H20N2O3. The van der Waals surface area contributed by atoms with Crippen LogP contribution >= 0.6 is 0 Å². The number of hydrogen-bond acceptors (Lipinski definition) is 3. The first-order chi connectivity index (χ1) is 9.70. The van der Waals surface area contributed by atoms with Crippen LogP contribution in [0.3, 0.4) is 0 Å². The van der Waals surface area contributed by atoms with Crippen LogP contribution in [0.15, 0.2) is 24.3 Å². The maximum Gasteiger partial charge on any atom is 0.257 e. The predicted octanol–water partition coefficient (Wildman–Crippen LogP) is 1.72. The van der Waals surface area contributed by atoms with Crippen molar-refractivity contribution in [1.29, 1.82) is 0 Å². The molecule has 20 heavy (non-hydrogen) atoms. The fourth-order valence-electron chi connectivity index (χ4n) is 2.11. The Balaban J connectivity index is 1.85. The Hall–Kier alpha value is -2.04. The zero-order chi connectivity index (χ0) is 14.4. The number of ether oxygens (including phenoxy) is 1. The molecule has 5 nitrogen and oxygen atoms in total. The van der Waals surface area contributed by atoms with Gasteiger partial charge in [0.1, 0.15) is 5.75 Å². The van der Waals surface area contributed by atoms with Crippen LogP contribution in [0.4, 0.5) is 5.69 Å². The van der Waals surface area contributed by atoms with E-state index in [4.69, 9.17) is 4.74 Å². The smallest absolute Gasteiger partial charge is 0.257 e. The van der Waals surface area contributed by atoms with Gasteiger partial charge in [0.2, 0.25) is 5.91 Å². The van der Waals surface area contributed by atoms with E-state index in [0.717, 1.165) is 25.1 Å². The lowest BCUT2D eigenvalue weighted by atomic mass is 10.3. The van der Waals surface area contributed by atoms with Gasteiger partial charge in [0, 0.05) is 25.2 Å². The number of hydrogen-bond donors (Lipinski definition) is 1. The van der Waals surface area contributed by atoms with Gasteiger partial charge in [-0.25, -0.2) is 0 Å². The van der Waals surface area contributed by atoms with E-state index in [2.05, 4.69) is 5.32 Å². The highest BCUT2D eigenvalue weighted by Crippen LogP contribution is 2.23. The highest BCUT2D eigenvalue weighted by Gasteiger charge is 2.21. The Bertz CT molecular complexity index is 471. The lowest BCUT2D eigenvalue weighted by Gasteiger charge is -2.16. The molecule has 1 saturated heterocycles.